The van der Waals surface area contributed by atoms with Gasteiger partial charge in [-0.15, -0.1) is 6.58 Å². The molecule has 110 valence electrons. The third kappa shape index (κ3) is 4.00. The van der Waals surface area contributed by atoms with Gasteiger partial charge in [-0.05, 0) is 19.1 Å². The fourth-order valence-electron chi connectivity index (χ4n) is 1.53. The molecule has 0 saturated carbocycles. The maximum absolute atomic E-state index is 13.2. The minimum Gasteiger partial charge on any atom is -0.508 e. The van der Waals surface area contributed by atoms with E-state index in [1.54, 1.807) is 6.08 Å². The molecule has 0 bridgehead atoms. The van der Waals surface area contributed by atoms with Gasteiger partial charge in [0.15, 0.2) is 0 Å². The lowest BCUT2D eigenvalue weighted by Gasteiger charge is -2.09. The van der Waals surface area contributed by atoms with Crippen molar-refractivity contribution in [3.63, 3.8) is 0 Å². The number of rotatable bonds is 2. The number of anilines is 2. The summed E-state index contributed by atoms with van der Waals surface area (Å²) in [6.07, 6.45) is 2.92. The van der Waals surface area contributed by atoms with Crippen LogP contribution in [0.25, 0.3) is 0 Å². The van der Waals surface area contributed by atoms with Crippen LogP contribution < -0.4 is 11.5 Å². The SMILES string of the molecule is C=CC.N=C(c1cc(O)cc(F)c1)c1c(N)ncnc1N. The van der Waals surface area contributed by atoms with Crippen molar-refractivity contribution < 1.29 is 9.50 Å². The Morgan fingerprint density at radius 2 is 1.81 bits per heavy atom. The number of hydrogen-bond donors (Lipinski definition) is 4. The van der Waals surface area contributed by atoms with E-state index in [1.165, 1.54) is 12.4 Å². The largest absolute Gasteiger partial charge is 0.508 e. The summed E-state index contributed by atoms with van der Waals surface area (Å²) in [5, 5.41) is 17.2. The monoisotopic (exact) mass is 289 g/mol. The zero-order chi connectivity index (χ0) is 16.0. The van der Waals surface area contributed by atoms with Crippen LogP contribution in [0.1, 0.15) is 18.1 Å². The second kappa shape index (κ2) is 6.99. The van der Waals surface area contributed by atoms with Gasteiger partial charge < -0.3 is 16.6 Å². The first-order valence-electron chi connectivity index (χ1n) is 5.92. The second-order valence-electron chi connectivity index (χ2n) is 4.00. The molecule has 2 aromatic rings. The van der Waals surface area contributed by atoms with E-state index < -0.39 is 5.82 Å². The number of halogens is 1. The van der Waals surface area contributed by atoms with Gasteiger partial charge in [-0.25, -0.2) is 14.4 Å². The molecule has 0 unspecified atom stereocenters. The van der Waals surface area contributed by atoms with E-state index in [-0.39, 0.29) is 34.2 Å². The summed E-state index contributed by atoms with van der Waals surface area (Å²) in [5.41, 5.74) is 11.3. The molecular formula is C14H16FN5O. The standard InChI is InChI=1S/C11H10FN5O.C3H6/c12-6-1-5(2-7(18)3-6)9(13)8-10(14)16-4-17-11(8)15;1-3-2/h1-4,13,18H,(H4,14,15,16,17);3H,1H2,2H3. The number of nitrogen functional groups attached to an aromatic ring is 2. The van der Waals surface area contributed by atoms with Gasteiger partial charge in [0.1, 0.15) is 29.5 Å². The molecular weight excluding hydrogens is 273 g/mol. The highest BCUT2D eigenvalue weighted by Crippen LogP contribution is 2.22. The van der Waals surface area contributed by atoms with Gasteiger partial charge in [0.2, 0.25) is 0 Å². The van der Waals surface area contributed by atoms with Crippen LogP contribution in [0.5, 0.6) is 5.75 Å². The lowest BCUT2D eigenvalue weighted by molar-refractivity contribution is 0.469. The van der Waals surface area contributed by atoms with Crippen molar-refractivity contribution in [2.45, 2.75) is 6.92 Å². The third-order valence-corrected chi connectivity index (χ3v) is 2.33. The Labute approximate surface area is 121 Å². The van der Waals surface area contributed by atoms with Crippen LogP contribution in [0.2, 0.25) is 0 Å². The van der Waals surface area contributed by atoms with Crippen molar-refractivity contribution in [1.29, 1.82) is 5.41 Å². The number of nitrogens with zero attached hydrogens (tertiary/aromatic N) is 2. The molecule has 0 spiro atoms. The lowest BCUT2D eigenvalue weighted by atomic mass is 10.0. The summed E-state index contributed by atoms with van der Waals surface area (Å²) >= 11 is 0. The normalized spacial score (nSPS) is 9.43. The number of benzene rings is 1. The van der Waals surface area contributed by atoms with E-state index in [0.29, 0.717) is 0 Å². The molecule has 21 heavy (non-hydrogen) atoms. The van der Waals surface area contributed by atoms with Crippen molar-refractivity contribution in [1.82, 2.24) is 9.97 Å². The molecule has 0 atom stereocenters. The number of aromatic hydroxyl groups is 1. The molecule has 6 nitrogen and oxygen atoms in total. The highest BCUT2D eigenvalue weighted by atomic mass is 19.1. The number of allylic oxidation sites excluding steroid dienone is 1. The number of hydrogen-bond acceptors (Lipinski definition) is 6. The molecule has 7 heteroatoms. The molecule has 6 N–H and O–H groups in total. The van der Waals surface area contributed by atoms with Crippen LogP contribution in [-0.2, 0) is 0 Å². The molecule has 0 radical (unpaired) electrons. The van der Waals surface area contributed by atoms with Gasteiger partial charge in [0.25, 0.3) is 0 Å². The summed E-state index contributed by atoms with van der Waals surface area (Å²) in [6.45, 7) is 5.25. The van der Waals surface area contributed by atoms with Crippen LogP contribution in [0.4, 0.5) is 16.0 Å². The summed E-state index contributed by atoms with van der Waals surface area (Å²) in [5.74, 6) is -0.903. The zero-order valence-corrected chi connectivity index (χ0v) is 11.5. The highest BCUT2D eigenvalue weighted by molar-refractivity contribution is 6.16. The number of phenolic OH excluding ortho intramolecular Hbond substituents is 1. The molecule has 2 rings (SSSR count). The zero-order valence-electron chi connectivity index (χ0n) is 11.5. The van der Waals surface area contributed by atoms with Crippen LogP contribution in [-0.4, -0.2) is 20.8 Å². The van der Waals surface area contributed by atoms with Crippen molar-refractivity contribution >= 4 is 17.3 Å². The average molecular weight is 289 g/mol. The Hall–Kier alpha value is -2.96. The van der Waals surface area contributed by atoms with Crippen LogP contribution in [0, 0.1) is 11.2 Å². The summed E-state index contributed by atoms with van der Waals surface area (Å²) in [6, 6.07) is 3.26. The predicted molar refractivity (Wildman–Crippen MR) is 80.7 cm³/mol. The van der Waals surface area contributed by atoms with E-state index >= 15 is 0 Å². The Kier molecular flexibility index (Phi) is 5.36. The van der Waals surface area contributed by atoms with Crippen LogP contribution in [0.15, 0.2) is 37.2 Å². The number of nitrogens with one attached hydrogen (secondary N) is 1. The number of nitrogens with two attached hydrogens (primary N) is 2. The number of phenols is 1. The molecule has 1 heterocycles. The van der Waals surface area contributed by atoms with E-state index in [1.807, 2.05) is 6.92 Å². The van der Waals surface area contributed by atoms with Crippen molar-refractivity contribution in [3.8, 4) is 5.75 Å². The first-order chi connectivity index (χ1) is 9.90. The van der Waals surface area contributed by atoms with Crippen molar-refractivity contribution in [3.05, 3.63) is 54.1 Å². The van der Waals surface area contributed by atoms with Gasteiger partial charge >= 0.3 is 0 Å². The maximum atomic E-state index is 13.2. The summed E-state index contributed by atoms with van der Waals surface area (Å²) in [4.78, 5) is 7.44. The quantitative estimate of drug-likeness (QED) is 0.498. The molecule has 0 aliphatic rings. The fourth-order valence-corrected chi connectivity index (χ4v) is 1.53. The van der Waals surface area contributed by atoms with E-state index in [4.69, 9.17) is 16.9 Å². The van der Waals surface area contributed by atoms with Gasteiger partial charge in [-0.3, -0.25) is 5.41 Å². The van der Waals surface area contributed by atoms with E-state index in [0.717, 1.165) is 12.1 Å². The average Bonchev–Trinajstić information content (AvgIpc) is 2.38. The smallest absolute Gasteiger partial charge is 0.138 e. The Morgan fingerprint density at radius 3 is 2.29 bits per heavy atom. The first kappa shape index (κ1) is 16.1. The topological polar surface area (TPSA) is 122 Å². The van der Waals surface area contributed by atoms with E-state index in [2.05, 4.69) is 16.5 Å². The Bertz CT molecular complexity index is 632. The fraction of sp³-hybridized carbons (Fsp3) is 0.0714. The van der Waals surface area contributed by atoms with Crippen molar-refractivity contribution in [2.75, 3.05) is 11.5 Å². The molecule has 0 amide bonds. The summed E-state index contributed by atoms with van der Waals surface area (Å²) in [7, 11) is 0. The van der Waals surface area contributed by atoms with Crippen LogP contribution in [0.3, 0.4) is 0 Å². The summed E-state index contributed by atoms with van der Waals surface area (Å²) < 4.78 is 13.2. The minimum atomic E-state index is -0.663. The molecule has 1 aromatic heterocycles. The highest BCUT2D eigenvalue weighted by Gasteiger charge is 2.15. The van der Waals surface area contributed by atoms with Crippen LogP contribution >= 0.6 is 0 Å². The molecule has 0 fully saturated rings. The van der Waals surface area contributed by atoms with Gasteiger partial charge in [-0.1, -0.05) is 6.08 Å². The van der Waals surface area contributed by atoms with E-state index in [9.17, 15) is 9.50 Å². The van der Waals surface area contributed by atoms with Gasteiger partial charge in [0.05, 0.1) is 11.3 Å². The predicted octanol–water partition coefficient (Wildman–Crippen LogP) is 2.09. The van der Waals surface area contributed by atoms with Crippen molar-refractivity contribution in [2.24, 2.45) is 0 Å². The molecule has 0 aliphatic heterocycles. The third-order valence-electron chi connectivity index (χ3n) is 2.33. The molecule has 0 aliphatic carbocycles. The molecule has 1 aromatic carbocycles. The molecule has 0 saturated heterocycles. The second-order valence-corrected chi connectivity index (χ2v) is 4.00. The Balaban J connectivity index is 0.000000677. The van der Waals surface area contributed by atoms with Gasteiger partial charge in [0, 0.05) is 11.6 Å². The maximum Gasteiger partial charge on any atom is 0.138 e. The number of aromatic nitrogens is 2. The first-order valence-corrected chi connectivity index (χ1v) is 5.92. The minimum absolute atomic E-state index is 0.0243. The lowest BCUT2D eigenvalue weighted by Crippen LogP contribution is -2.12. The Morgan fingerprint density at radius 1 is 1.29 bits per heavy atom. The van der Waals surface area contributed by atoms with Gasteiger partial charge in [-0.2, -0.15) is 0 Å².